The molecule has 0 spiro atoms. The van der Waals surface area contributed by atoms with Crippen molar-refractivity contribution < 1.29 is 18.3 Å². The molecule has 1 aromatic heterocycles. The molecule has 6 nitrogen and oxygen atoms in total. The highest BCUT2D eigenvalue weighted by Gasteiger charge is 2.35. The minimum absolute atomic E-state index is 0.00350. The number of halogens is 3. The van der Waals surface area contributed by atoms with Crippen LogP contribution in [0.15, 0.2) is 6.07 Å². The number of hydrogen-bond donors (Lipinski definition) is 4. The van der Waals surface area contributed by atoms with E-state index in [2.05, 4.69) is 20.7 Å². The minimum atomic E-state index is -4.66. The van der Waals surface area contributed by atoms with E-state index < -0.39 is 18.1 Å². The van der Waals surface area contributed by atoms with Crippen molar-refractivity contribution in [3.63, 3.8) is 0 Å². The van der Waals surface area contributed by atoms with Crippen molar-refractivity contribution in [3.05, 3.63) is 11.9 Å². The number of aromatic nitrogens is 2. The summed E-state index contributed by atoms with van der Waals surface area (Å²) < 4.78 is 38.2. The molecular formula is C12H18F3N5O. The largest absolute Gasteiger partial charge is 0.451 e. The zero-order valence-electron chi connectivity index (χ0n) is 11.3. The molecule has 0 amide bonds. The van der Waals surface area contributed by atoms with Crippen molar-refractivity contribution >= 4 is 11.6 Å². The summed E-state index contributed by atoms with van der Waals surface area (Å²) in [7, 11) is 0. The Kier molecular flexibility index (Phi) is 4.84. The molecule has 1 aliphatic rings. The molecule has 0 aromatic carbocycles. The average Bonchev–Trinajstić information content (AvgIpc) is 2.63. The Bertz CT molecular complexity index is 482. The van der Waals surface area contributed by atoms with Gasteiger partial charge in [-0.3, -0.25) is 0 Å². The number of nitrogen functional groups attached to an aromatic ring is 1. The van der Waals surface area contributed by atoms with E-state index in [1.165, 1.54) is 6.07 Å². The molecule has 2 unspecified atom stereocenters. The molecule has 0 radical (unpaired) electrons. The maximum Gasteiger partial charge on any atom is 0.451 e. The molecule has 0 aliphatic heterocycles. The maximum absolute atomic E-state index is 12.7. The van der Waals surface area contributed by atoms with Gasteiger partial charge in [0.15, 0.2) is 0 Å². The third kappa shape index (κ3) is 4.18. The third-order valence-electron chi connectivity index (χ3n) is 3.44. The molecule has 2 rings (SSSR count). The first-order valence-electron chi connectivity index (χ1n) is 6.77. The van der Waals surface area contributed by atoms with Crippen molar-refractivity contribution in [2.75, 3.05) is 10.7 Å². The van der Waals surface area contributed by atoms with E-state index in [4.69, 9.17) is 5.84 Å². The van der Waals surface area contributed by atoms with E-state index in [9.17, 15) is 18.3 Å². The molecule has 1 aliphatic carbocycles. The summed E-state index contributed by atoms with van der Waals surface area (Å²) in [5.41, 5.74) is 2.09. The SMILES string of the molecule is NNc1cc(NC2CCCCCC2O)nc(C(F)(F)F)n1. The van der Waals surface area contributed by atoms with Crippen LogP contribution in [-0.2, 0) is 6.18 Å². The van der Waals surface area contributed by atoms with E-state index in [1.54, 1.807) is 0 Å². The van der Waals surface area contributed by atoms with Crippen LogP contribution in [0.5, 0.6) is 0 Å². The molecule has 21 heavy (non-hydrogen) atoms. The van der Waals surface area contributed by atoms with Crippen LogP contribution >= 0.6 is 0 Å². The quantitative estimate of drug-likeness (QED) is 0.387. The van der Waals surface area contributed by atoms with Gasteiger partial charge in [-0.15, -0.1) is 0 Å². The van der Waals surface area contributed by atoms with Crippen LogP contribution in [-0.4, -0.2) is 27.2 Å². The van der Waals surface area contributed by atoms with Crippen LogP contribution in [0.4, 0.5) is 24.8 Å². The second-order valence-electron chi connectivity index (χ2n) is 5.06. The lowest BCUT2D eigenvalue weighted by molar-refractivity contribution is -0.144. The van der Waals surface area contributed by atoms with Crippen LogP contribution in [0, 0.1) is 0 Å². The summed E-state index contributed by atoms with van der Waals surface area (Å²) in [5, 5.41) is 12.9. The molecule has 1 heterocycles. The van der Waals surface area contributed by atoms with Gasteiger partial charge in [0, 0.05) is 6.07 Å². The molecule has 1 saturated carbocycles. The Morgan fingerprint density at radius 2 is 1.81 bits per heavy atom. The Morgan fingerprint density at radius 1 is 1.14 bits per heavy atom. The summed E-state index contributed by atoms with van der Waals surface area (Å²) in [6, 6.07) is 0.960. The summed E-state index contributed by atoms with van der Waals surface area (Å²) in [5.74, 6) is 3.72. The third-order valence-corrected chi connectivity index (χ3v) is 3.44. The molecular weight excluding hydrogens is 287 g/mol. The standard InChI is InChI=1S/C12H18F3N5O/c13-12(14,15)11-18-9(6-10(19-11)20-16)17-7-4-2-1-3-5-8(7)21/h6-8,21H,1-5,16H2,(H2,17,18,19,20). The smallest absolute Gasteiger partial charge is 0.391 e. The van der Waals surface area contributed by atoms with Crippen molar-refractivity contribution in [2.45, 2.75) is 50.4 Å². The van der Waals surface area contributed by atoms with Gasteiger partial charge < -0.3 is 15.8 Å². The number of anilines is 2. The van der Waals surface area contributed by atoms with E-state index in [1.807, 2.05) is 0 Å². The predicted octanol–water partition coefficient (Wildman–Crippen LogP) is 1.89. The van der Waals surface area contributed by atoms with Gasteiger partial charge in [-0.2, -0.15) is 13.2 Å². The highest BCUT2D eigenvalue weighted by Crippen LogP contribution is 2.29. The highest BCUT2D eigenvalue weighted by molar-refractivity contribution is 5.47. The normalized spacial score (nSPS) is 23.5. The lowest BCUT2D eigenvalue weighted by Gasteiger charge is -2.23. The van der Waals surface area contributed by atoms with E-state index >= 15 is 0 Å². The van der Waals surface area contributed by atoms with Crippen LogP contribution in [0.25, 0.3) is 0 Å². The molecule has 5 N–H and O–H groups in total. The fourth-order valence-electron chi connectivity index (χ4n) is 2.37. The number of hydrogen-bond acceptors (Lipinski definition) is 6. The topological polar surface area (TPSA) is 96.1 Å². The number of rotatable bonds is 3. The zero-order chi connectivity index (χ0) is 15.5. The van der Waals surface area contributed by atoms with Crippen LogP contribution in [0.1, 0.15) is 37.9 Å². The highest BCUT2D eigenvalue weighted by atomic mass is 19.4. The number of nitrogens with two attached hydrogens (primary N) is 1. The van der Waals surface area contributed by atoms with Crippen molar-refractivity contribution in [3.8, 4) is 0 Å². The second-order valence-corrected chi connectivity index (χ2v) is 5.06. The molecule has 9 heteroatoms. The van der Waals surface area contributed by atoms with Crippen LogP contribution < -0.4 is 16.6 Å². The van der Waals surface area contributed by atoms with Crippen molar-refractivity contribution in [1.29, 1.82) is 0 Å². The minimum Gasteiger partial charge on any atom is -0.391 e. The first-order chi connectivity index (χ1) is 9.90. The van der Waals surface area contributed by atoms with Crippen molar-refractivity contribution in [2.24, 2.45) is 5.84 Å². The second kappa shape index (κ2) is 6.44. The van der Waals surface area contributed by atoms with E-state index in [0.717, 1.165) is 19.3 Å². The van der Waals surface area contributed by atoms with Gasteiger partial charge >= 0.3 is 6.18 Å². The fraction of sp³-hybridized carbons (Fsp3) is 0.667. The fourth-order valence-corrected chi connectivity index (χ4v) is 2.37. The number of aliphatic hydroxyl groups excluding tert-OH is 1. The molecule has 0 bridgehead atoms. The summed E-state index contributed by atoms with van der Waals surface area (Å²) in [6.45, 7) is 0. The van der Waals surface area contributed by atoms with Gasteiger partial charge in [-0.05, 0) is 12.8 Å². The molecule has 0 saturated heterocycles. The summed E-state index contributed by atoms with van der Waals surface area (Å²) >= 11 is 0. The Hall–Kier alpha value is -1.61. The van der Waals surface area contributed by atoms with Crippen LogP contribution in [0.2, 0.25) is 0 Å². The Balaban J connectivity index is 2.22. The molecule has 2 atom stereocenters. The lowest BCUT2D eigenvalue weighted by Crippen LogP contribution is -2.33. The first-order valence-corrected chi connectivity index (χ1v) is 6.77. The van der Waals surface area contributed by atoms with Crippen molar-refractivity contribution in [1.82, 2.24) is 9.97 Å². The number of hydrazine groups is 1. The van der Waals surface area contributed by atoms with Gasteiger partial charge in [0.05, 0.1) is 12.1 Å². The average molecular weight is 305 g/mol. The van der Waals surface area contributed by atoms with Gasteiger partial charge in [-0.1, -0.05) is 19.3 Å². The molecule has 118 valence electrons. The van der Waals surface area contributed by atoms with Crippen LogP contribution in [0.3, 0.4) is 0 Å². The number of aliphatic hydroxyl groups is 1. The lowest BCUT2D eigenvalue weighted by atomic mass is 10.1. The zero-order valence-corrected chi connectivity index (χ0v) is 11.3. The molecule has 1 aromatic rings. The van der Waals surface area contributed by atoms with Gasteiger partial charge in [0.2, 0.25) is 5.82 Å². The van der Waals surface area contributed by atoms with Gasteiger partial charge in [0.25, 0.3) is 0 Å². The Labute approximate surface area is 119 Å². The van der Waals surface area contributed by atoms with Gasteiger partial charge in [0.1, 0.15) is 11.6 Å². The maximum atomic E-state index is 12.7. The van der Waals surface area contributed by atoms with E-state index in [0.29, 0.717) is 12.8 Å². The first kappa shape index (κ1) is 15.8. The summed E-state index contributed by atoms with van der Waals surface area (Å²) in [6.07, 6.45) is -1.14. The van der Waals surface area contributed by atoms with Gasteiger partial charge in [-0.25, -0.2) is 15.8 Å². The number of alkyl halides is 3. The number of nitrogens with zero attached hydrogens (tertiary/aromatic N) is 2. The monoisotopic (exact) mass is 305 g/mol. The summed E-state index contributed by atoms with van der Waals surface area (Å²) in [4.78, 5) is 6.74. The molecule has 1 fully saturated rings. The van der Waals surface area contributed by atoms with E-state index in [-0.39, 0.29) is 17.7 Å². The predicted molar refractivity (Wildman–Crippen MR) is 71.3 cm³/mol. The number of nitrogens with one attached hydrogen (secondary N) is 2. The Morgan fingerprint density at radius 3 is 2.48 bits per heavy atom.